The van der Waals surface area contributed by atoms with Crippen LogP contribution < -0.4 is 10.1 Å². The number of hydrogen-bond donors (Lipinski definition) is 1. The third-order valence-electron chi connectivity index (χ3n) is 2.64. The van der Waals surface area contributed by atoms with Gasteiger partial charge in [-0.3, -0.25) is 9.59 Å². The monoisotopic (exact) mass is 296 g/mol. The molecule has 0 unspecified atom stereocenters. The highest BCUT2D eigenvalue weighted by Crippen LogP contribution is 2.18. The number of ether oxygens (including phenoxy) is 1. The largest absolute Gasteiger partial charge is 0.494 e. The molecule has 21 heavy (non-hydrogen) atoms. The molecule has 0 heterocycles. The van der Waals surface area contributed by atoms with Gasteiger partial charge in [0.25, 0.3) is 5.91 Å². The number of nitrogens with one attached hydrogen (secondary N) is 1. The molecule has 1 aromatic rings. The molecule has 0 aliphatic carbocycles. The van der Waals surface area contributed by atoms with Gasteiger partial charge in [0.1, 0.15) is 0 Å². The fraction of sp³-hybridized carbons (Fsp3) is 0.467. The number of likely N-dealkylation sites (N-methyl/N-ethyl adjacent to an activating group) is 1. The van der Waals surface area contributed by atoms with E-state index in [1.54, 1.807) is 0 Å². The summed E-state index contributed by atoms with van der Waals surface area (Å²) < 4.78 is 18.4. The van der Waals surface area contributed by atoms with Gasteiger partial charge in [-0.25, -0.2) is 4.39 Å². The minimum Gasteiger partial charge on any atom is -0.494 e. The zero-order valence-corrected chi connectivity index (χ0v) is 13.0. The van der Waals surface area contributed by atoms with Crippen LogP contribution in [-0.2, 0) is 4.79 Å². The average molecular weight is 296 g/mol. The molecule has 0 atom stereocenters. The summed E-state index contributed by atoms with van der Waals surface area (Å²) in [5, 5.41) is 2.76. The van der Waals surface area contributed by atoms with E-state index in [0.29, 0.717) is 0 Å². The molecule has 0 bridgehead atoms. The Bertz CT molecular complexity index is 538. The van der Waals surface area contributed by atoms with Crippen molar-refractivity contribution in [2.24, 2.45) is 0 Å². The second-order valence-corrected chi connectivity index (χ2v) is 5.81. The molecule has 0 radical (unpaired) electrons. The van der Waals surface area contributed by atoms with Gasteiger partial charge in [0.15, 0.2) is 11.6 Å². The molecule has 1 rings (SSSR count). The predicted molar refractivity (Wildman–Crippen MR) is 77.8 cm³/mol. The first-order valence-electron chi connectivity index (χ1n) is 6.54. The summed E-state index contributed by atoms with van der Waals surface area (Å²) >= 11 is 0. The summed E-state index contributed by atoms with van der Waals surface area (Å²) in [5.74, 6) is -1.25. The molecule has 0 saturated carbocycles. The van der Waals surface area contributed by atoms with Crippen LogP contribution in [0, 0.1) is 5.82 Å². The maximum absolute atomic E-state index is 13.6. The Kier molecular flexibility index (Phi) is 5.29. The number of halogens is 1. The van der Waals surface area contributed by atoms with Crippen LogP contribution in [-0.4, -0.2) is 43.0 Å². The van der Waals surface area contributed by atoms with E-state index < -0.39 is 11.7 Å². The Hall–Kier alpha value is -2.11. The van der Waals surface area contributed by atoms with Gasteiger partial charge in [-0.05, 0) is 39.0 Å². The molecule has 0 aliphatic rings. The van der Waals surface area contributed by atoms with Gasteiger partial charge in [0.2, 0.25) is 5.91 Å². The Balaban J connectivity index is 2.74. The lowest BCUT2D eigenvalue weighted by Crippen LogP contribution is -2.46. The molecule has 2 amide bonds. The van der Waals surface area contributed by atoms with E-state index in [0.717, 1.165) is 6.07 Å². The second kappa shape index (κ2) is 6.56. The van der Waals surface area contributed by atoms with Crippen molar-refractivity contribution in [3.63, 3.8) is 0 Å². The maximum atomic E-state index is 13.6. The van der Waals surface area contributed by atoms with Crippen molar-refractivity contribution < 1.29 is 18.7 Å². The number of amides is 2. The Morgan fingerprint density at radius 3 is 2.43 bits per heavy atom. The number of methoxy groups -OCH3 is 1. The van der Waals surface area contributed by atoms with Crippen LogP contribution in [0.1, 0.15) is 31.1 Å². The van der Waals surface area contributed by atoms with E-state index in [9.17, 15) is 14.0 Å². The molecule has 1 N–H and O–H groups in total. The Morgan fingerprint density at radius 1 is 1.33 bits per heavy atom. The molecule has 5 nitrogen and oxygen atoms in total. The summed E-state index contributed by atoms with van der Waals surface area (Å²) in [7, 11) is 2.84. The smallest absolute Gasteiger partial charge is 0.254 e. The van der Waals surface area contributed by atoms with Crippen LogP contribution in [0.15, 0.2) is 18.2 Å². The zero-order valence-electron chi connectivity index (χ0n) is 13.0. The molecule has 0 fully saturated rings. The van der Waals surface area contributed by atoms with Gasteiger partial charge < -0.3 is 15.0 Å². The molecule has 116 valence electrons. The molecular weight excluding hydrogens is 275 g/mol. The van der Waals surface area contributed by atoms with E-state index in [1.165, 1.54) is 31.2 Å². The quantitative estimate of drug-likeness (QED) is 0.922. The normalized spacial score (nSPS) is 11.0. The van der Waals surface area contributed by atoms with Crippen LogP contribution in [0.4, 0.5) is 4.39 Å². The average Bonchev–Trinajstić information content (AvgIpc) is 2.35. The first-order valence-corrected chi connectivity index (χ1v) is 6.54. The fourth-order valence-electron chi connectivity index (χ4n) is 1.76. The molecule has 0 aromatic heterocycles. The standard InChI is InChI=1S/C15H21FN2O3/c1-15(2,3)17-13(19)9-18(4)14(20)10-6-7-12(21-5)11(16)8-10/h6-8H,9H2,1-5H3,(H,17,19). The van der Waals surface area contributed by atoms with E-state index in [4.69, 9.17) is 4.74 Å². The summed E-state index contributed by atoms with van der Waals surface area (Å²) in [4.78, 5) is 25.1. The SMILES string of the molecule is COc1ccc(C(=O)N(C)CC(=O)NC(C)(C)C)cc1F. The van der Waals surface area contributed by atoms with Crippen molar-refractivity contribution in [2.75, 3.05) is 20.7 Å². The molecule has 0 aliphatic heterocycles. The predicted octanol–water partition coefficient (Wildman–Crippen LogP) is 1.82. The van der Waals surface area contributed by atoms with Gasteiger partial charge in [0.05, 0.1) is 13.7 Å². The third-order valence-corrected chi connectivity index (χ3v) is 2.64. The molecule has 0 saturated heterocycles. The highest BCUT2D eigenvalue weighted by Gasteiger charge is 2.19. The van der Waals surface area contributed by atoms with E-state index >= 15 is 0 Å². The van der Waals surface area contributed by atoms with Crippen molar-refractivity contribution >= 4 is 11.8 Å². The lowest BCUT2D eigenvalue weighted by molar-refractivity contribution is -0.122. The van der Waals surface area contributed by atoms with Gasteiger partial charge in [-0.15, -0.1) is 0 Å². The van der Waals surface area contributed by atoms with Gasteiger partial charge in [-0.2, -0.15) is 0 Å². The van der Waals surface area contributed by atoms with Gasteiger partial charge in [0, 0.05) is 18.2 Å². The van der Waals surface area contributed by atoms with Crippen molar-refractivity contribution in [1.82, 2.24) is 10.2 Å². The number of rotatable bonds is 4. The fourth-order valence-corrected chi connectivity index (χ4v) is 1.76. The molecular formula is C15H21FN2O3. The minimum absolute atomic E-state index is 0.0691. The number of carbonyl (C=O) groups excluding carboxylic acids is 2. The lowest BCUT2D eigenvalue weighted by Gasteiger charge is -2.23. The number of benzene rings is 1. The zero-order chi connectivity index (χ0) is 16.2. The summed E-state index contributed by atoms with van der Waals surface area (Å²) in [6.45, 7) is 5.46. The molecule has 6 heteroatoms. The van der Waals surface area contributed by atoms with Crippen LogP contribution in [0.25, 0.3) is 0 Å². The topological polar surface area (TPSA) is 58.6 Å². The highest BCUT2D eigenvalue weighted by atomic mass is 19.1. The number of nitrogens with zero attached hydrogens (tertiary/aromatic N) is 1. The Morgan fingerprint density at radius 2 is 1.95 bits per heavy atom. The van der Waals surface area contributed by atoms with E-state index in [2.05, 4.69) is 5.32 Å². The number of hydrogen-bond acceptors (Lipinski definition) is 3. The van der Waals surface area contributed by atoms with Crippen molar-refractivity contribution in [3.8, 4) is 5.75 Å². The van der Waals surface area contributed by atoms with Crippen LogP contribution >= 0.6 is 0 Å². The number of carbonyl (C=O) groups is 2. The summed E-state index contributed by atoms with van der Waals surface area (Å²) in [6, 6.07) is 3.94. The Labute approximate surface area is 124 Å². The van der Waals surface area contributed by atoms with Crippen molar-refractivity contribution in [3.05, 3.63) is 29.6 Å². The lowest BCUT2D eigenvalue weighted by atomic mass is 10.1. The minimum atomic E-state index is -0.615. The third kappa shape index (κ3) is 5.06. The van der Waals surface area contributed by atoms with Crippen LogP contribution in [0.3, 0.4) is 0 Å². The summed E-state index contributed by atoms with van der Waals surface area (Å²) in [5.41, 5.74) is -0.202. The van der Waals surface area contributed by atoms with Crippen molar-refractivity contribution in [2.45, 2.75) is 26.3 Å². The molecule has 1 aromatic carbocycles. The van der Waals surface area contributed by atoms with Crippen molar-refractivity contribution in [1.29, 1.82) is 0 Å². The second-order valence-electron chi connectivity index (χ2n) is 5.81. The van der Waals surface area contributed by atoms with E-state index in [-0.39, 0.29) is 29.3 Å². The van der Waals surface area contributed by atoms with Gasteiger partial charge in [-0.1, -0.05) is 0 Å². The van der Waals surface area contributed by atoms with Crippen LogP contribution in [0.5, 0.6) is 5.75 Å². The van der Waals surface area contributed by atoms with Gasteiger partial charge >= 0.3 is 0 Å². The molecule has 0 spiro atoms. The van der Waals surface area contributed by atoms with E-state index in [1.807, 2.05) is 20.8 Å². The highest BCUT2D eigenvalue weighted by molar-refractivity contribution is 5.96. The first kappa shape index (κ1) is 16.9. The maximum Gasteiger partial charge on any atom is 0.254 e. The van der Waals surface area contributed by atoms with Crippen LogP contribution in [0.2, 0.25) is 0 Å². The summed E-state index contributed by atoms with van der Waals surface area (Å²) in [6.07, 6.45) is 0. The first-order chi connectivity index (χ1) is 9.64.